The summed E-state index contributed by atoms with van der Waals surface area (Å²) in [6.45, 7) is 6.56. The third-order valence-corrected chi connectivity index (χ3v) is 3.95. The van der Waals surface area contributed by atoms with Crippen molar-refractivity contribution in [3.05, 3.63) is 82.4 Å². The van der Waals surface area contributed by atoms with Crippen molar-refractivity contribution in [2.45, 2.75) is 20.8 Å². The van der Waals surface area contributed by atoms with Crippen LogP contribution >= 0.6 is 0 Å². The average molecular weight is 272 g/mol. The number of benzene rings is 1. The molecule has 0 aromatic heterocycles. The van der Waals surface area contributed by atoms with E-state index in [0.29, 0.717) is 0 Å². The summed E-state index contributed by atoms with van der Waals surface area (Å²) in [7, 11) is 0. The van der Waals surface area contributed by atoms with Gasteiger partial charge in [-0.15, -0.1) is 0 Å². The van der Waals surface area contributed by atoms with Crippen molar-refractivity contribution in [1.82, 2.24) is 0 Å². The summed E-state index contributed by atoms with van der Waals surface area (Å²) < 4.78 is 0. The third-order valence-electron chi connectivity index (χ3n) is 3.95. The molecule has 0 unspecified atom stereocenters. The highest BCUT2D eigenvalue weighted by Crippen LogP contribution is 2.34. The summed E-state index contributed by atoms with van der Waals surface area (Å²) in [5.74, 6) is 0. The topological polar surface area (TPSA) is 0 Å². The van der Waals surface area contributed by atoms with Crippen LogP contribution < -0.4 is 0 Å². The van der Waals surface area contributed by atoms with E-state index in [1.54, 1.807) is 0 Å². The molecule has 0 spiro atoms. The van der Waals surface area contributed by atoms with Crippen LogP contribution in [-0.2, 0) is 0 Å². The minimum atomic E-state index is 1.23. The second-order valence-electron chi connectivity index (χ2n) is 5.72. The normalized spacial score (nSPS) is 11.4. The molecule has 0 saturated carbocycles. The second-order valence-corrected chi connectivity index (χ2v) is 5.72. The molecule has 104 valence electrons. The van der Waals surface area contributed by atoms with E-state index >= 15 is 0 Å². The summed E-state index contributed by atoms with van der Waals surface area (Å²) >= 11 is 0. The lowest BCUT2D eigenvalue weighted by atomic mass is 10.0. The Labute approximate surface area is 127 Å². The third kappa shape index (κ3) is 2.75. The molecule has 0 amide bonds. The predicted molar refractivity (Wildman–Crippen MR) is 92.6 cm³/mol. The average Bonchev–Trinajstić information content (AvgIpc) is 2.85. The van der Waals surface area contributed by atoms with Gasteiger partial charge in [0.2, 0.25) is 0 Å². The summed E-state index contributed by atoms with van der Waals surface area (Å²) in [5, 5.41) is 0. The summed E-state index contributed by atoms with van der Waals surface area (Å²) in [6.07, 6.45) is 4.41. The summed E-state index contributed by atoms with van der Waals surface area (Å²) in [6, 6.07) is 19.4. The fourth-order valence-electron chi connectivity index (χ4n) is 3.03. The van der Waals surface area contributed by atoms with Crippen LogP contribution in [0.1, 0.15) is 27.8 Å². The van der Waals surface area contributed by atoms with Gasteiger partial charge < -0.3 is 0 Å². The minimum absolute atomic E-state index is 1.23. The first-order valence-electron chi connectivity index (χ1n) is 7.39. The van der Waals surface area contributed by atoms with E-state index in [1.165, 1.54) is 38.9 Å². The van der Waals surface area contributed by atoms with Gasteiger partial charge in [0.05, 0.1) is 0 Å². The van der Waals surface area contributed by atoms with Gasteiger partial charge in [-0.1, -0.05) is 72.3 Å². The van der Waals surface area contributed by atoms with E-state index in [2.05, 4.69) is 81.5 Å². The lowest BCUT2D eigenvalue weighted by Gasteiger charge is -2.03. The maximum atomic E-state index is 2.27. The van der Waals surface area contributed by atoms with Gasteiger partial charge in [0.25, 0.3) is 0 Å². The number of hydrogen-bond acceptors (Lipinski definition) is 0. The Morgan fingerprint density at radius 2 is 1.43 bits per heavy atom. The summed E-state index contributed by atoms with van der Waals surface area (Å²) in [4.78, 5) is 0. The van der Waals surface area contributed by atoms with E-state index < -0.39 is 0 Å². The highest BCUT2D eigenvalue weighted by Gasteiger charge is 2.12. The van der Waals surface area contributed by atoms with Crippen LogP contribution in [0, 0.1) is 20.8 Å². The van der Waals surface area contributed by atoms with Crippen LogP contribution in [0.3, 0.4) is 0 Å². The largest absolute Gasteiger partial charge is 0.0622 e. The Kier molecular flexibility index (Phi) is 3.62. The smallest absolute Gasteiger partial charge is 0.00794 e. The molecule has 0 atom stereocenters. The van der Waals surface area contributed by atoms with Crippen LogP contribution in [0.5, 0.6) is 0 Å². The van der Waals surface area contributed by atoms with Gasteiger partial charge in [-0.25, -0.2) is 0 Å². The Hall–Kier alpha value is -2.34. The highest BCUT2D eigenvalue weighted by atomic mass is 14.2. The molecule has 0 N–H and O–H groups in total. The first-order valence-corrected chi connectivity index (χ1v) is 7.39. The molecule has 0 aliphatic heterocycles. The van der Waals surface area contributed by atoms with E-state index in [4.69, 9.17) is 0 Å². The zero-order valence-corrected chi connectivity index (χ0v) is 12.9. The monoisotopic (exact) mass is 272 g/mol. The maximum Gasteiger partial charge on any atom is -0.00794 e. The molecule has 0 nitrogen and oxygen atoms in total. The minimum Gasteiger partial charge on any atom is -0.0622 e. The number of aryl methyl sites for hydroxylation is 3. The highest BCUT2D eigenvalue weighted by molar-refractivity contribution is 5.86. The molecule has 0 heteroatoms. The van der Waals surface area contributed by atoms with Crippen molar-refractivity contribution >= 4 is 12.2 Å². The number of hydrogen-bond donors (Lipinski definition) is 0. The van der Waals surface area contributed by atoms with E-state index in [9.17, 15) is 0 Å². The van der Waals surface area contributed by atoms with E-state index in [-0.39, 0.29) is 0 Å². The zero-order chi connectivity index (χ0) is 14.8. The van der Waals surface area contributed by atoms with Crippen molar-refractivity contribution in [2.75, 3.05) is 0 Å². The molecule has 1 aromatic carbocycles. The van der Waals surface area contributed by atoms with Gasteiger partial charge in [-0.05, 0) is 54.2 Å². The van der Waals surface area contributed by atoms with Crippen LogP contribution in [0.4, 0.5) is 0 Å². The lowest BCUT2D eigenvalue weighted by Crippen LogP contribution is -1.80. The maximum absolute atomic E-state index is 2.27. The standard InChI is InChI=1S/C21H20/c1-15-13-16(2)20-12-11-19(21(20)17(3)14-15)10-9-18-7-5-4-6-8-18/h4-14H,1-3H3/b10-9-. The molecule has 2 aliphatic rings. The van der Waals surface area contributed by atoms with Crippen molar-refractivity contribution in [1.29, 1.82) is 0 Å². The van der Waals surface area contributed by atoms with Crippen molar-refractivity contribution < 1.29 is 0 Å². The van der Waals surface area contributed by atoms with Crippen molar-refractivity contribution in [3.63, 3.8) is 0 Å². The Morgan fingerprint density at radius 3 is 2.19 bits per heavy atom. The molecule has 21 heavy (non-hydrogen) atoms. The van der Waals surface area contributed by atoms with Crippen LogP contribution in [-0.4, -0.2) is 0 Å². The second kappa shape index (κ2) is 5.57. The van der Waals surface area contributed by atoms with Gasteiger partial charge >= 0.3 is 0 Å². The predicted octanol–water partition coefficient (Wildman–Crippen LogP) is 5.89. The van der Waals surface area contributed by atoms with E-state index in [1.807, 2.05) is 6.07 Å². The first-order chi connectivity index (χ1) is 10.1. The van der Waals surface area contributed by atoms with Gasteiger partial charge in [-0.3, -0.25) is 0 Å². The van der Waals surface area contributed by atoms with Crippen molar-refractivity contribution in [2.24, 2.45) is 0 Å². The van der Waals surface area contributed by atoms with Gasteiger partial charge in [0, 0.05) is 0 Å². The molecule has 3 rings (SSSR count). The zero-order valence-electron chi connectivity index (χ0n) is 12.9. The van der Waals surface area contributed by atoms with Crippen LogP contribution in [0.2, 0.25) is 0 Å². The number of fused-ring (bicyclic) bond motifs is 1. The Bertz CT molecular complexity index is 764. The molecule has 0 fully saturated rings. The Balaban J connectivity index is 2.09. The first kappa shape index (κ1) is 13.6. The van der Waals surface area contributed by atoms with Gasteiger partial charge in [-0.2, -0.15) is 0 Å². The molecule has 0 bridgehead atoms. The molecule has 0 radical (unpaired) electrons. The molecule has 1 aromatic rings. The molecule has 0 saturated heterocycles. The quantitative estimate of drug-likeness (QED) is 0.546. The Morgan fingerprint density at radius 1 is 0.714 bits per heavy atom. The fraction of sp³-hybridized carbons (Fsp3) is 0.143. The molecule has 2 aliphatic carbocycles. The van der Waals surface area contributed by atoms with Crippen molar-refractivity contribution in [3.8, 4) is 11.1 Å². The fourth-order valence-corrected chi connectivity index (χ4v) is 3.03. The lowest BCUT2D eigenvalue weighted by molar-refractivity contribution is 1.42. The van der Waals surface area contributed by atoms with Gasteiger partial charge in [0.1, 0.15) is 0 Å². The van der Waals surface area contributed by atoms with Gasteiger partial charge in [0.15, 0.2) is 0 Å². The van der Waals surface area contributed by atoms with Crippen LogP contribution in [0.15, 0.2) is 54.6 Å². The summed E-state index contributed by atoms with van der Waals surface area (Å²) in [5.41, 5.74) is 9.26. The van der Waals surface area contributed by atoms with E-state index in [0.717, 1.165) is 0 Å². The van der Waals surface area contributed by atoms with Crippen LogP contribution in [0.25, 0.3) is 23.3 Å². The molecular formula is C21H20. The molecular weight excluding hydrogens is 252 g/mol. The number of rotatable bonds is 2. The SMILES string of the molecule is Cc1cc(C)c2ccc(/C=C\c3ccccc3)c-2c(C)c1. The molecule has 0 heterocycles.